The molecule has 2 aromatic carbocycles. The van der Waals surface area contributed by atoms with Crippen LogP contribution >= 0.6 is 11.6 Å². The predicted octanol–water partition coefficient (Wildman–Crippen LogP) is 7.46. The normalized spacial score (nSPS) is 15.0. The molecular weight excluding hydrogens is 616 g/mol. The van der Waals surface area contributed by atoms with Crippen LogP contribution in [0.15, 0.2) is 77.3 Å². The van der Waals surface area contributed by atoms with Gasteiger partial charge in [-0.3, -0.25) is 4.79 Å². The van der Waals surface area contributed by atoms with Crippen LogP contribution in [-0.4, -0.2) is 60.4 Å². The lowest BCUT2D eigenvalue weighted by molar-refractivity contribution is 0.0724. The van der Waals surface area contributed by atoms with Crippen molar-refractivity contribution in [2.24, 2.45) is 0 Å². The maximum absolute atomic E-state index is 13.5. The molecule has 2 fully saturated rings. The number of likely N-dealkylation sites (tertiary alicyclic amines) is 1. The van der Waals surface area contributed by atoms with Gasteiger partial charge in [0, 0.05) is 36.8 Å². The number of hydrogen-bond acceptors (Lipinski definition) is 7. The summed E-state index contributed by atoms with van der Waals surface area (Å²) in [6, 6.07) is 20.4. The smallest absolute Gasteiger partial charge is 0.253 e. The van der Waals surface area contributed by atoms with E-state index in [0.29, 0.717) is 51.8 Å². The zero-order chi connectivity index (χ0) is 32.1. The zero-order valence-corrected chi connectivity index (χ0v) is 26.7. The average Bonchev–Trinajstić information content (AvgIpc) is 3.55. The van der Waals surface area contributed by atoms with Gasteiger partial charge in [0.05, 0.1) is 41.6 Å². The first kappa shape index (κ1) is 29.3. The molecule has 11 heteroatoms. The highest BCUT2D eigenvalue weighted by molar-refractivity contribution is 6.29. The van der Waals surface area contributed by atoms with Crippen LogP contribution in [-0.2, 0) is 6.54 Å². The number of furan rings is 1. The Balaban J connectivity index is 1.25. The van der Waals surface area contributed by atoms with Crippen LogP contribution in [0.2, 0.25) is 5.22 Å². The van der Waals surface area contributed by atoms with Gasteiger partial charge in [0.1, 0.15) is 17.3 Å². The van der Waals surface area contributed by atoms with Gasteiger partial charge in [-0.1, -0.05) is 6.07 Å². The van der Waals surface area contributed by atoms with Gasteiger partial charge in [-0.2, -0.15) is 5.10 Å². The number of fused-ring (bicyclic) bond motifs is 1. The Morgan fingerprint density at radius 2 is 1.87 bits per heavy atom. The third-order valence-corrected chi connectivity index (χ3v) is 9.20. The van der Waals surface area contributed by atoms with Crippen molar-refractivity contribution in [1.29, 1.82) is 0 Å². The number of aromatic hydroxyl groups is 1. The molecule has 0 spiro atoms. The van der Waals surface area contributed by atoms with E-state index < -0.39 is 0 Å². The molecule has 1 N–H and O–H groups in total. The van der Waals surface area contributed by atoms with E-state index in [0.717, 1.165) is 73.3 Å². The molecule has 8 rings (SSSR count). The van der Waals surface area contributed by atoms with Crippen LogP contribution in [0.25, 0.3) is 39.6 Å². The number of nitrogens with zero attached hydrogens (tertiary/aromatic N) is 6. The number of carbonyl (C=O) groups is 1. The summed E-state index contributed by atoms with van der Waals surface area (Å²) < 4.78 is 15.0. The monoisotopic (exact) mass is 648 g/mol. The molecule has 0 radical (unpaired) electrons. The number of rotatable bonds is 8. The Hall–Kier alpha value is -5.09. The molecule has 6 aromatic rings. The Kier molecular flexibility index (Phi) is 7.44. The first-order valence-electron chi connectivity index (χ1n) is 15.9. The van der Waals surface area contributed by atoms with E-state index in [-0.39, 0.29) is 11.7 Å². The van der Waals surface area contributed by atoms with Crippen molar-refractivity contribution in [2.45, 2.75) is 44.6 Å². The lowest BCUT2D eigenvalue weighted by Gasteiger charge is -2.27. The summed E-state index contributed by atoms with van der Waals surface area (Å²) in [4.78, 5) is 24.8. The van der Waals surface area contributed by atoms with Gasteiger partial charge in [-0.15, -0.1) is 0 Å². The highest BCUT2D eigenvalue weighted by Gasteiger charge is 2.29. The second-order valence-electron chi connectivity index (χ2n) is 12.2. The SMILES string of the molecule is COc1ccc(Cn2c(-c3cc(C(=O)N4CCCCC4)ccc3O)nc3cc(-n4nc(C5CC5)cc4-c4ccc(Cl)o4)ccc32)cn1. The number of carbonyl (C=O) groups excluding carboxylic acids is 1. The molecule has 1 saturated heterocycles. The van der Waals surface area contributed by atoms with E-state index in [1.807, 2.05) is 50.5 Å². The quantitative estimate of drug-likeness (QED) is 0.182. The molecular formula is C36H33ClN6O4. The third-order valence-electron chi connectivity index (χ3n) is 9.00. The van der Waals surface area contributed by atoms with Gasteiger partial charge in [0.15, 0.2) is 11.0 Å². The minimum atomic E-state index is -0.0361. The number of aromatic nitrogens is 5. The van der Waals surface area contributed by atoms with Crippen molar-refractivity contribution in [1.82, 2.24) is 29.2 Å². The van der Waals surface area contributed by atoms with Crippen molar-refractivity contribution in [3.05, 3.63) is 95.0 Å². The topological polar surface area (TPSA) is 111 Å². The van der Waals surface area contributed by atoms with Gasteiger partial charge in [0.2, 0.25) is 5.88 Å². The molecule has 0 unspecified atom stereocenters. The molecule has 1 amide bonds. The van der Waals surface area contributed by atoms with Crippen molar-refractivity contribution in [2.75, 3.05) is 20.2 Å². The van der Waals surface area contributed by atoms with Crippen LogP contribution in [0.3, 0.4) is 0 Å². The van der Waals surface area contributed by atoms with Crippen LogP contribution < -0.4 is 4.74 Å². The summed E-state index contributed by atoms with van der Waals surface area (Å²) in [5.74, 6) is 2.14. The predicted molar refractivity (Wildman–Crippen MR) is 178 cm³/mol. The van der Waals surface area contributed by atoms with Crippen LogP contribution in [0.4, 0.5) is 0 Å². The molecule has 1 aliphatic carbocycles. The number of imidazole rings is 1. The Morgan fingerprint density at radius 3 is 2.60 bits per heavy atom. The molecule has 10 nitrogen and oxygen atoms in total. The van der Waals surface area contributed by atoms with Crippen LogP contribution in [0.5, 0.6) is 11.6 Å². The number of piperidine rings is 1. The second kappa shape index (κ2) is 11.9. The Morgan fingerprint density at radius 1 is 1.02 bits per heavy atom. The number of phenolic OH excluding ortho intramolecular Hbond substituents is 1. The number of benzene rings is 2. The third kappa shape index (κ3) is 5.63. The van der Waals surface area contributed by atoms with Gasteiger partial charge >= 0.3 is 0 Å². The molecule has 0 bridgehead atoms. The molecule has 1 saturated carbocycles. The highest BCUT2D eigenvalue weighted by atomic mass is 35.5. The first-order chi connectivity index (χ1) is 22.9. The van der Waals surface area contributed by atoms with Gasteiger partial charge < -0.3 is 23.7 Å². The summed E-state index contributed by atoms with van der Waals surface area (Å²) in [7, 11) is 1.58. The molecule has 47 heavy (non-hydrogen) atoms. The van der Waals surface area contributed by atoms with E-state index >= 15 is 0 Å². The largest absolute Gasteiger partial charge is 0.507 e. The number of pyridine rings is 1. The second-order valence-corrected chi connectivity index (χ2v) is 12.6. The fourth-order valence-corrected chi connectivity index (χ4v) is 6.50. The Labute approximate surface area is 276 Å². The summed E-state index contributed by atoms with van der Waals surface area (Å²) in [5.41, 5.74) is 6.13. The summed E-state index contributed by atoms with van der Waals surface area (Å²) >= 11 is 6.15. The first-order valence-corrected chi connectivity index (χ1v) is 16.3. The molecule has 5 heterocycles. The molecule has 2 aliphatic rings. The lowest BCUT2D eigenvalue weighted by Crippen LogP contribution is -2.35. The molecule has 4 aromatic heterocycles. The standard InChI is InChI=1S/C36H33ClN6O4/c1-46-34-14-5-22(20-38-34)21-42-29-10-9-25(43-30(32-12-13-33(37)47-32)19-27(40-43)23-6-7-23)18-28(29)39-35(42)26-17-24(8-11-31(26)44)36(45)41-15-3-2-4-16-41/h5,8-14,17-20,23,44H,2-4,6-7,15-16,21H2,1H3. The van der Waals surface area contributed by atoms with E-state index in [9.17, 15) is 9.90 Å². The molecule has 0 atom stereocenters. The van der Waals surface area contributed by atoms with Crippen molar-refractivity contribution in [3.8, 4) is 40.2 Å². The van der Waals surface area contributed by atoms with Crippen molar-refractivity contribution >= 4 is 28.5 Å². The van der Waals surface area contributed by atoms with E-state index in [1.54, 1.807) is 37.6 Å². The fraction of sp³-hybridized carbons (Fsp3) is 0.278. The van der Waals surface area contributed by atoms with Crippen molar-refractivity contribution < 1.29 is 19.1 Å². The molecule has 1 aliphatic heterocycles. The lowest BCUT2D eigenvalue weighted by atomic mass is 10.1. The fourth-order valence-electron chi connectivity index (χ4n) is 6.35. The van der Waals surface area contributed by atoms with Crippen molar-refractivity contribution in [3.63, 3.8) is 0 Å². The number of ether oxygens (including phenoxy) is 1. The number of methoxy groups -OCH3 is 1. The molecule has 238 valence electrons. The van der Waals surface area contributed by atoms with Gasteiger partial charge in [-0.05, 0) is 104 Å². The summed E-state index contributed by atoms with van der Waals surface area (Å²) in [6.45, 7) is 1.90. The minimum Gasteiger partial charge on any atom is -0.507 e. The van der Waals surface area contributed by atoms with E-state index in [4.69, 9.17) is 30.8 Å². The van der Waals surface area contributed by atoms with Crippen LogP contribution in [0, 0.1) is 0 Å². The summed E-state index contributed by atoms with van der Waals surface area (Å²) in [5, 5.41) is 16.5. The van der Waals surface area contributed by atoms with Gasteiger partial charge in [-0.25, -0.2) is 14.6 Å². The van der Waals surface area contributed by atoms with Gasteiger partial charge in [0.25, 0.3) is 5.91 Å². The van der Waals surface area contributed by atoms with Crippen LogP contribution in [0.1, 0.15) is 59.6 Å². The number of hydrogen-bond donors (Lipinski definition) is 1. The zero-order valence-electron chi connectivity index (χ0n) is 25.9. The van der Waals surface area contributed by atoms with E-state index in [1.165, 1.54) is 0 Å². The minimum absolute atomic E-state index is 0.0361. The highest BCUT2D eigenvalue weighted by Crippen LogP contribution is 2.42. The number of phenols is 1. The number of amides is 1. The number of halogens is 1. The van der Waals surface area contributed by atoms with E-state index in [2.05, 4.69) is 11.1 Å². The Bertz CT molecular complexity index is 2100. The maximum atomic E-state index is 13.5. The summed E-state index contributed by atoms with van der Waals surface area (Å²) in [6.07, 6.45) is 7.13. The average molecular weight is 649 g/mol. The maximum Gasteiger partial charge on any atom is 0.253 e.